The van der Waals surface area contributed by atoms with E-state index in [4.69, 9.17) is 11.5 Å². The van der Waals surface area contributed by atoms with E-state index in [1.807, 2.05) is 0 Å². The zero-order valence-corrected chi connectivity index (χ0v) is 16.1. The number of unbranched alkanes of at least 4 members (excludes halogenated alkanes) is 2. The smallest absolute Gasteiger partial charge is 0.0919 e. The van der Waals surface area contributed by atoms with Gasteiger partial charge < -0.3 is 4.98 Å². The number of hydrogen-bond acceptors (Lipinski definition) is 3. The van der Waals surface area contributed by atoms with Crippen molar-refractivity contribution in [2.75, 3.05) is 12.3 Å². The second-order valence-corrected chi connectivity index (χ2v) is 11.2. The van der Waals surface area contributed by atoms with E-state index in [9.17, 15) is 0 Å². The van der Waals surface area contributed by atoms with Gasteiger partial charge in [-0.1, -0.05) is 0 Å². The molecule has 0 bridgehead atoms. The van der Waals surface area contributed by atoms with Crippen molar-refractivity contribution in [3.63, 3.8) is 0 Å². The summed E-state index contributed by atoms with van der Waals surface area (Å²) in [5.74, 6) is 0.797. The van der Waals surface area contributed by atoms with Gasteiger partial charge in [-0.05, 0) is 0 Å². The molecule has 1 aromatic rings. The zero-order chi connectivity index (χ0) is 16.8. The summed E-state index contributed by atoms with van der Waals surface area (Å²) in [5, 5.41) is 0. The maximum atomic E-state index is 6.49. The third kappa shape index (κ3) is 7.21. The number of imidazole rings is 1. The number of aromatic nitrogens is 2. The van der Waals surface area contributed by atoms with Gasteiger partial charge in [-0.15, -0.1) is 0 Å². The van der Waals surface area contributed by atoms with E-state index in [-0.39, 0.29) is 0 Å². The third-order valence-electron chi connectivity index (χ3n) is 4.75. The maximum absolute atomic E-state index is 6.49. The van der Waals surface area contributed by atoms with Crippen LogP contribution in [0.3, 0.4) is 0 Å². The SMILES string of the molecule is CCCC[PH](CCCC)(C(N)CC)C(N)CC.c1c[nH]cn1. The largest absolute Gasteiger partial charge is 0.351 e. The molecular weight excluding hydrogens is 291 g/mol. The molecule has 0 aliphatic heterocycles. The normalized spacial score (nSPS) is 14.8. The molecule has 0 radical (unpaired) electrons. The summed E-state index contributed by atoms with van der Waals surface area (Å²) in [4.78, 5) is 6.42. The summed E-state index contributed by atoms with van der Waals surface area (Å²) in [7, 11) is -1.49. The summed E-state index contributed by atoms with van der Waals surface area (Å²) in [5.41, 5.74) is 13.0. The Kier molecular flexibility index (Phi) is 12.8. The van der Waals surface area contributed by atoms with E-state index in [1.54, 1.807) is 18.7 Å². The van der Waals surface area contributed by atoms with E-state index < -0.39 is 7.26 Å². The number of nitrogens with two attached hydrogens (primary N) is 2. The molecule has 5 N–H and O–H groups in total. The topological polar surface area (TPSA) is 80.7 Å². The Morgan fingerprint density at radius 3 is 1.68 bits per heavy atom. The molecule has 0 aliphatic carbocycles. The molecule has 1 aromatic heterocycles. The van der Waals surface area contributed by atoms with Gasteiger partial charge in [-0.25, -0.2) is 4.98 Å². The molecule has 0 aliphatic rings. The maximum Gasteiger partial charge on any atom is 0.0919 e. The third-order valence-corrected chi connectivity index (χ3v) is 11.1. The molecule has 1 heterocycles. The molecule has 2 atom stereocenters. The molecule has 0 saturated heterocycles. The summed E-state index contributed by atoms with van der Waals surface area (Å²) in [6.45, 7) is 9.00. The Morgan fingerprint density at radius 1 is 0.955 bits per heavy atom. The fourth-order valence-electron chi connectivity index (χ4n) is 3.18. The van der Waals surface area contributed by atoms with Gasteiger partial charge in [0.1, 0.15) is 0 Å². The minimum Gasteiger partial charge on any atom is -0.351 e. The molecule has 0 aromatic carbocycles. The number of nitrogens with one attached hydrogen (secondary N) is 1. The molecule has 1 rings (SSSR count). The minimum atomic E-state index is -1.49. The van der Waals surface area contributed by atoms with Crippen molar-refractivity contribution in [2.24, 2.45) is 11.5 Å². The first kappa shape index (κ1) is 21.6. The van der Waals surface area contributed by atoms with Crippen LogP contribution in [-0.2, 0) is 0 Å². The van der Waals surface area contributed by atoms with Crippen molar-refractivity contribution >= 4 is 7.26 Å². The summed E-state index contributed by atoms with van der Waals surface area (Å²) >= 11 is 0. The molecule has 132 valence electrons. The number of H-pyrrole nitrogens is 1. The summed E-state index contributed by atoms with van der Waals surface area (Å²) in [6.07, 6.45) is 15.2. The zero-order valence-electron chi connectivity index (χ0n) is 15.1. The monoisotopic (exact) mass is 330 g/mol. The molecule has 0 spiro atoms. The molecule has 5 heteroatoms. The van der Waals surface area contributed by atoms with Gasteiger partial charge in [0.05, 0.1) is 6.33 Å². The minimum absolute atomic E-state index is 0.399. The van der Waals surface area contributed by atoms with Crippen LogP contribution in [0.1, 0.15) is 66.2 Å². The van der Waals surface area contributed by atoms with E-state index >= 15 is 0 Å². The average molecular weight is 331 g/mol. The predicted molar refractivity (Wildman–Crippen MR) is 103 cm³/mol. The van der Waals surface area contributed by atoms with E-state index in [1.165, 1.54) is 38.0 Å². The van der Waals surface area contributed by atoms with Crippen molar-refractivity contribution in [2.45, 2.75) is 77.8 Å². The van der Waals surface area contributed by atoms with Gasteiger partial charge in [0.25, 0.3) is 0 Å². The van der Waals surface area contributed by atoms with Gasteiger partial charge >= 0.3 is 109 Å². The number of rotatable bonds is 10. The molecule has 2 unspecified atom stereocenters. The van der Waals surface area contributed by atoms with E-state index in [0.717, 1.165) is 12.8 Å². The van der Waals surface area contributed by atoms with Crippen LogP contribution in [0.15, 0.2) is 18.7 Å². The molecule has 0 fully saturated rings. The fourth-order valence-corrected chi connectivity index (χ4v) is 9.11. The van der Waals surface area contributed by atoms with Gasteiger partial charge in [0.15, 0.2) is 0 Å². The first-order valence-corrected chi connectivity index (χ1v) is 11.6. The molecular formula is C17H39N4P. The molecule has 4 nitrogen and oxygen atoms in total. The Balaban J connectivity index is 0.000000734. The van der Waals surface area contributed by atoms with E-state index in [0.29, 0.717) is 11.6 Å². The fraction of sp³-hybridized carbons (Fsp3) is 0.824. The van der Waals surface area contributed by atoms with Gasteiger partial charge in [0, 0.05) is 12.4 Å². The van der Waals surface area contributed by atoms with Gasteiger partial charge in [-0.3, -0.25) is 0 Å². The Morgan fingerprint density at radius 2 is 1.45 bits per heavy atom. The number of aromatic amines is 1. The number of nitrogens with zero attached hydrogens (tertiary/aromatic N) is 1. The van der Waals surface area contributed by atoms with Crippen LogP contribution >= 0.6 is 7.26 Å². The van der Waals surface area contributed by atoms with Crippen LogP contribution in [0.4, 0.5) is 0 Å². The van der Waals surface area contributed by atoms with Crippen molar-refractivity contribution in [3.8, 4) is 0 Å². The van der Waals surface area contributed by atoms with E-state index in [2.05, 4.69) is 37.7 Å². The van der Waals surface area contributed by atoms with Crippen molar-refractivity contribution in [1.29, 1.82) is 0 Å². The van der Waals surface area contributed by atoms with Crippen LogP contribution in [0, 0.1) is 0 Å². The van der Waals surface area contributed by atoms with Crippen LogP contribution in [-0.4, -0.2) is 33.9 Å². The molecule has 22 heavy (non-hydrogen) atoms. The summed E-state index contributed by atoms with van der Waals surface area (Å²) in [6, 6.07) is 0. The molecule has 0 amide bonds. The Labute approximate surface area is 138 Å². The van der Waals surface area contributed by atoms with Gasteiger partial charge in [-0.2, -0.15) is 0 Å². The van der Waals surface area contributed by atoms with Crippen LogP contribution < -0.4 is 11.5 Å². The predicted octanol–water partition coefficient (Wildman–Crippen LogP) is 4.14. The first-order valence-electron chi connectivity index (χ1n) is 9.02. The second kappa shape index (κ2) is 13.0. The van der Waals surface area contributed by atoms with Crippen LogP contribution in [0.5, 0.6) is 0 Å². The standard InChI is InChI=1S/C14H35N2P.C3H4N2/c1-5-9-11-17(12-10-6-2,13(15)7-3)14(16)8-4;1-2-5-3-4-1/h13-14,17H,5-12,15-16H2,1-4H3;1-3H,(H,4,5). The Bertz CT molecular complexity index is 292. The average Bonchev–Trinajstić information content (AvgIpc) is 3.13. The molecule has 0 saturated carbocycles. The van der Waals surface area contributed by atoms with Crippen molar-refractivity contribution in [3.05, 3.63) is 18.7 Å². The van der Waals surface area contributed by atoms with Crippen LogP contribution in [0.25, 0.3) is 0 Å². The second-order valence-electron chi connectivity index (χ2n) is 6.23. The Hall–Kier alpha value is -0.440. The number of hydrogen-bond donors (Lipinski definition) is 3. The van der Waals surface area contributed by atoms with Crippen molar-refractivity contribution in [1.82, 2.24) is 9.97 Å². The summed E-state index contributed by atoms with van der Waals surface area (Å²) < 4.78 is 0. The van der Waals surface area contributed by atoms with Gasteiger partial charge in [0.2, 0.25) is 0 Å². The quantitative estimate of drug-likeness (QED) is 0.564. The first-order chi connectivity index (χ1) is 10.6. The van der Waals surface area contributed by atoms with Crippen LogP contribution in [0.2, 0.25) is 0 Å². The van der Waals surface area contributed by atoms with Crippen molar-refractivity contribution < 1.29 is 0 Å².